The number of aromatic carboxylic acids is 1. The number of piperidine rings is 1. The zero-order valence-electron chi connectivity index (χ0n) is 14.0. The van der Waals surface area contributed by atoms with Crippen molar-refractivity contribution in [2.75, 3.05) is 18.4 Å². The van der Waals surface area contributed by atoms with Gasteiger partial charge < -0.3 is 10.4 Å². The van der Waals surface area contributed by atoms with Crippen molar-refractivity contribution in [3.63, 3.8) is 0 Å². The van der Waals surface area contributed by atoms with Crippen LogP contribution in [-0.2, 0) is 17.9 Å². The molecule has 1 aliphatic heterocycles. The molecule has 0 radical (unpaired) electrons. The number of anilines is 1. The number of hydrogen-bond acceptors (Lipinski definition) is 4. The predicted molar refractivity (Wildman–Crippen MR) is 93.4 cm³/mol. The zero-order chi connectivity index (χ0) is 17.6. The van der Waals surface area contributed by atoms with E-state index in [0.717, 1.165) is 25.3 Å². The van der Waals surface area contributed by atoms with E-state index in [1.165, 1.54) is 41.9 Å². The van der Waals surface area contributed by atoms with Gasteiger partial charge in [-0.3, -0.25) is 14.4 Å². The molecule has 7 nitrogen and oxygen atoms in total. The van der Waals surface area contributed by atoms with Crippen LogP contribution in [0.15, 0.2) is 36.7 Å². The number of rotatable bonds is 6. The lowest BCUT2D eigenvalue weighted by Crippen LogP contribution is -2.29. The minimum absolute atomic E-state index is 0.0250. The van der Waals surface area contributed by atoms with Crippen molar-refractivity contribution in [1.82, 2.24) is 14.7 Å². The van der Waals surface area contributed by atoms with Gasteiger partial charge in [-0.25, -0.2) is 4.79 Å². The first-order valence-corrected chi connectivity index (χ1v) is 8.47. The summed E-state index contributed by atoms with van der Waals surface area (Å²) in [6.45, 7) is 3.23. The Morgan fingerprint density at radius 1 is 1.12 bits per heavy atom. The summed E-state index contributed by atoms with van der Waals surface area (Å²) in [5.41, 5.74) is 2.02. The molecule has 132 valence electrons. The molecule has 0 atom stereocenters. The summed E-state index contributed by atoms with van der Waals surface area (Å²) >= 11 is 0. The molecule has 2 aromatic rings. The molecule has 1 fully saturated rings. The number of hydrogen-bond donors (Lipinski definition) is 2. The number of carbonyl (C=O) groups excluding carboxylic acids is 1. The number of carboxylic acid groups (broad SMARTS) is 1. The Hall–Kier alpha value is -2.67. The third-order valence-corrected chi connectivity index (χ3v) is 4.28. The van der Waals surface area contributed by atoms with Gasteiger partial charge >= 0.3 is 5.97 Å². The monoisotopic (exact) mass is 342 g/mol. The molecule has 2 N–H and O–H groups in total. The van der Waals surface area contributed by atoms with Gasteiger partial charge in [-0.2, -0.15) is 5.10 Å². The summed E-state index contributed by atoms with van der Waals surface area (Å²) in [5.74, 6) is -1.31. The van der Waals surface area contributed by atoms with Crippen molar-refractivity contribution in [2.45, 2.75) is 32.4 Å². The van der Waals surface area contributed by atoms with Crippen LogP contribution in [0.25, 0.3) is 0 Å². The van der Waals surface area contributed by atoms with Crippen molar-refractivity contribution < 1.29 is 14.7 Å². The summed E-state index contributed by atoms with van der Waals surface area (Å²) in [5, 5.41) is 15.5. The Labute approximate surface area is 146 Å². The molecule has 2 heterocycles. The van der Waals surface area contributed by atoms with Crippen LogP contribution in [0.2, 0.25) is 0 Å². The maximum atomic E-state index is 12.0. The SMILES string of the molecule is O=C(Cn1cc(C(=O)O)cn1)Nc1ccc(CN2CCCCC2)cc1. The number of likely N-dealkylation sites (tertiary alicyclic amines) is 1. The van der Waals surface area contributed by atoms with E-state index in [1.807, 2.05) is 24.3 Å². The Morgan fingerprint density at radius 3 is 2.48 bits per heavy atom. The highest BCUT2D eigenvalue weighted by atomic mass is 16.4. The minimum Gasteiger partial charge on any atom is -0.478 e. The van der Waals surface area contributed by atoms with Gasteiger partial charge in [0.05, 0.1) is 11.8 Å². The molecule has 1 aromatic heterocycles. The van der Waals surface area contributed by atoms with Crippen LogP contribution in [0, 0.1) is 0 Å². The first kappa shape index (κ1) is 17.2. The Balaban J connectivity index is 1.51. The number of aromatic nitrogens is 2. The van der Waals surface area contributed by atoms with E-state index < -0.39 is 5.97 Å². The molecule has 0 spiro atoms. The number of nitrogens with zero attached hydrogens (tertiary/aromatic N) is 3. The van der Waals surface area contributed by atoms with Gasteiger partial charge in [-0.05, 0) is 43.6 Å². The van der Waals surface area contributed by atoms with Crippen LogP contribution in [0.1, 0.15) is 35.2 Å². The highest BCUT2D eigenvalue weighted by Crippen LogP contribution is 2.15. The summed E-state index contributed by atoms with van der Waals surface area (Å²) in [6, 6.07) is 7.84. The second-order valence-corrected chi connectivity index (χ2v) is 6.31. The van der Waals surface area contributed by atoms with Crippen LogP contribution >= 0.6 is 0 Å². The Kier molecular flexibility index (Phi) is 5.45. The fourth-order valence-corrected chi connectivity index (χ4v) is 2.98. The predicted octanol–water partition coefficient (Wildman–Crippen LogP) is 2.21. The average Bonchev–Trinajstić information content (AvgIpc) is 3.06. The van der Waals surface area contributed by atoms with E-state index in [2.05, 4.69) is 15.3 Å². The number of amides is 1. The van der Waals surface area contributed by atoms with Gasteiger partial charge in [0.25, 0.3) is 0 Å². The third kappa shape index (κ3) is 4.90. The summed E-state index contributed by atoms with van der Waals surface area (Å²) in [6.07, 6.45) is 6.43. The van der Waals surface area contributed by atoms with Crippen LogP contribution in [0.5, 0.6) is 0 Å². The van der Waals surface area contributed by atoms with Crippen LogP contribution < -0.4 is 5.32 Å². The van der Waals surface area contributed by atoms with E-state index >= 15 is 0 Å². The van der Waals surface area contributed by atoms with Gasteiger partial charge in [0.2, 0.25) is 5.91 Å². The fraction of sp³-hybridized carbons (Fsp3) is 0.389. The van der Waals surface area contributed by atoms with Crippen LogP contribution in [-0.4, -0.2) is 44.8 Å². The Bertz CT molecular complexity index is 733. The van der Waals surface area contributed by atoms with Crippen molar-refractivity contribution in [3.05, 3.63) is 47.8 Å². The largest absolute Gasteiger partial charge is 0.478 e. The summed E-state index contributed by atoms with van der Waals surface area (Å²) in [4.78, 5) is 25.3. The lowest BCUT2D eigenvalue weighted by atomic mass is 10.1. The van der Waals surface area contributed by atoms with Crippen molar-refractivity contribution in [1.29, 1.82) is 0 Å². The molecule has 1 saturated heterocycles. The first-order chi connectivity index (χ1) is 12.1. The number of carboxylic acids is 1. The van der Waals surface area contributed by atoms with E-state index in [9.17, 15) is 9.59 Å². The molecule has 3 rings (SSSR count). The Morgan fingerprint density at radius 2 is 1.84 bits per heavy atom. The average molecular weight is 342 g/mol. The van der Waals surface area contributed by atoms with E-state index in [4.69, 9.17) is 5.11 Å². The fourth-order valence-electron chi connectivity index (χ4n) is 2.98. The molecule has 0 unspecified atom stereocenters. The standard InChI is InChI=1S/C18H22N4O3/c23-17(13-22-12-15(10-19-22)18(24)25)20-16-6-4-14(5-7-16)11-21-8-2-1-3-9-21/h4-7,10,12H,1-3,8-9,11,13H2,(H,20,23)(H,24,25). The maximum absolute atomic E-state index is 12.0. The zero-order valence-corrected chi connectivity index (χ0v) is 14.0. The van der Waals surface area contributed by atoms with Crippen LogP contribution in [0.3, 0.4) is 0 Å². The van der Waals surface area contributed by atoms with Gasteiger partial charge in [-0.15, -0.1) is 0 Å². The summed E-state index contributed by atoms with van der Waals surface area (Å²) < 4.78 is 1.31. The van der Waals surface area contributed by atoms with Crippen molar-refractivity contribution in [2.24, 2.45) is 0 Å². The van der Waals surface area contributed by atoms with Crippen LogP contribution in [0.4, 0.5) is 5.69 Å². The molecular formula is C18H22N4O3. The highest BCUT2D eigenvalue weighted by molar-refractivity contribution is 5.91. The van der Waals surface area contributed by atoms with Crippen molar-refractivity contribution >= 4 is 17.6 Å². The smallest absolute Gasteiger partial charge is 0.338 e. The molecule has 0 aliphatic carbocycles. The highest BCUT2D eigenvalue weighted by Gasteiger charge is 2.11. The van der Waals surface area contributed by atoms with E-state index in [0.29, 0.717) is 0 Å². The van der Waals surface area contributed by atoms with Gasteiger partial charge in [0.1, 0.15) is 6.54 Å². The third-order valence-electron chi connectivity index (χ3n) is 4.28. The molecule has 1 aromatic carbocycles. The number of nitrogens with one attached hydrogen (secondary N) is 1. The molecular weight excluding hydrogens is 320 g/mol. The lowest BCUT2D eigenvalue weighted by Gasteiger charge is -2.26. The van der Waals surface area contributed by atoms with Gasteiger partial charge in [0, 0.05) is 18.4 Å². The maximum Gasteiger partial charge on any atom is 0.338 e. The molecule has 7 heteroatoms. The number of benzene rings is 1. The van der Waals surface area contributed by atoms with Gasteiger partial charge in [0.15, 0.2) is 0 Å². The van der Waals surface area contributed by atoms with E-state index in [-0.39, 0.29) is 18.0 Å². The van der Waals surface area contributed by atoms with Crippen molar-refractivity contribution in [3.8, 4) is 0 Å². The molecule has 0 saturated carbocycles. The lowest BCUT2D eigenvalue weighted by molar-refractivity contribution is -0.116. The molecule has 1 aliphatic rings. The van der Waals surface area contributed by atoms with E-state index in [1.54, 1.807) is 0 Å². The summed E-state index contributed by atoms with van der Waals surface area (Å²) in [7, 11) is 0. The normalized spacial score (nSPS) is 15.0. The minimum atomic E-state index is -1.06. The molecule has 1 amide bonds. The van der Waals surface area contributed by atoms with Gasteiger partial charge in [-0.1, -0.05) is 18.6 Å². The quantitative estimate of drug-likeness (QED) is 0.840. The molecule has 25 heavy (non-hydrogen) atoms. The first-order valence-electron chi connectivity index (χ1n) is 8.47. The second kappa shape index (κ2) is 7.94. The molecule has 0 bridgehead atoms. The number of carbonyl (C=O) groups is 2. The second-order valence-electron chi connectivity index (χ2n) is 6.31. The topological polar surface area (TPSA) is 87.5 Å².